The molecule has 2 aliphatic rings. The Hall–Kier alpha value is -0.570. The zero-order chi connectivity index (χ0) is 13.6. The van der Waals surface area contributed by atoms with Crippen LogP contribution in [0.15, 0.2) is 0 Å². The molecule has 0 atom stereocenters. The number of likely N-dealkylation sites (tertiary alicyclic amines) is 1. The fourth-order valence-corrected chi connectivity index (χ4v) is 3.40. The lowest BCUT2D eigenvalue weighted by Gasteiger charge is -2.46. The highest BCUT2D eigenvalue weighted by molar-refractivity contribution is 5.80. The minimum absolute atomic E-state index is 0.208. The number of hydrogen-bond acceptors (Lipinski definition) is 2. The number of amides is 1. The molecule has 2 rings (SSSR count). The van der Waals surface area contributed by atoms with E-state index < -0.39 is 5.60 Å². The number of β-amino-alcohol motifs (C(OH)–C–C–N with tert-alkyl or cyclic N) is 1. The summed E-state index contributed by atoms with van der Waals surface area (Å²) in [4.78, 5) is 14.1. The van der Waals surface area contributed by atoms with E-state index in [1.165, 1.54) is 12.8 Å². The summed E-state index contributed by atoms with van der Waals surface area (Å²) in [6.45, 7) is 9.73. The first kappa shape index (κ1) is 13.9. The van der Waals surface area contributed by atoms with Gasteiger partial charge in [-0.15, -0.1) is 0 Å². The van der Waals surface area contributed by atoms with Crippen molar-refractivity contribution in [1.82, 2.24) is 4.90 Å². The van der Waals surface area contributed by atoms with Crippen LogP contribution in [-0.2, 0) is 4.79 Å². The molecule has 1 saturated carbocycles. The van der Waals surface area contributed by atoms with Gasteiger partial charge in [-0.05, 0) is 43.9 Å². The second kappa shape index (κ2) is 4.52. The van der Waals surface area contributed by atoms with Gasteiger partial charge in [0.05, 0.1) is 18.7 Å². The van der Waals surface area contributed by atoms with Crippen molar-refractivity contribution in [2.45, 2.75) is 59.0 Å². The van der Waals surface area contributed by atoms with E-state index in [1.807, 2.05) is 4.90 Å². The van der Waals surface area contributed by atoms with Gasteiger partial charge in [-0.2, -0.15) is 0 Å². The van der Waals surface area contributed by atoms with Crippen LogP contribution in [0.2, 0.25) is 0 Å². The van der Waals surface area contributed by atoms with E-state index in [9.17, 15) is 9.90 Å². The summed E-state index contributed by atoms with van der Waals surface area (Å²) in [5.74, 6) is 1.23. The molecule has 1 aliphatic heterocycles. The molecule has 1 aliphatic carbocycles. The number of carbonyl (C=O) groups excluding carboxylic acids is 1. The summed E-state index contributed by atoms with van der Waals surface area (Å²) in [5.41, 5.74) is -0.271. The largest absolute Gasteiger partial charge is 0.386 e. The molecule has 1 saturated heterocycles. The second-order valence-electron chi connectivity index (χ2n) is 7.61. The maximum absolute atomic E-state index is 12.2. The molecular formula is C15H27NO2. The van der Waals surface area contributed by atoms with E-state index in [2.05, 4.69) is 20.8 Å². The number of hydrogen-bond donors (Lipinski definition) is 1. The molecular weight excluding hydrogens is 226 g/mol. The van der Waals surface area contributed by atoms with Gasteiger partial charge in [-0.3, -0.25) is 4.79 Å². The third-order valence-corrected chi connectivity index (χ3v) is 4.68. The smallest absolute Gasteiger partial charge is 0.225 e. The lowest BCUT2D eigenvalue weighted by Crippen LogP contribution is -2.63. The summed E-state index contributed by atoms with van der Waals surface area (Å²) < 4.78 is 0. The van der Waals surface area contributed by atoms with Gasteiger partial charge in [-0.25, -0.2) is 0 Å². The van der Waals surface area contributed by atoms with E-state index in [0.29, 0.717) is 18.5 Å². The zero-order valence-electron chi connectivity index (χ0n) is 12.2. The van der Waals surface area contributed by atoms with Crippen LogP contribution in [0.5, 0.6) is 0 Å². The molecule has 0 unspecified atom stereocenters. The topological polar surface area (TPSA) is 40.5 Å². The van der Waals surface area contributed by atoms with Crippen molar-refractivity contribution in [3.8, 4) is 0 Å². The molecule has 104 valence electrons. The average molecular weight is 253 g/mol. The lowest BCUT2D eigenvalue weighted by atomic mass is 9.69. The summed E-state index contributed by atoms with van der Waals surface area (Å²) in [6, 6.07) is 0. The summed E-state index contributed by atoms with van der Waals surface area (Å²) in [5, 5.41) is 9.69. The fraction of sp³-hybridized carbons (Fsp3) is 0.933. The number of aliphatic hydroxyl groups is 1. The van der Waals surface area contributed by atoms with Gasteiger partial charge in [-0.1, -0.05) is 20.8 Å². The van der Waals surface area contributed by atoms with E-state index in [4.69, 9.17) is 0 Å². The first-order valence-corrected chi connectivity index (χ1v) is 7.20. The zero-order valence-corrected chi connectivity index (χ0v) is 12.2. The molecule has 1 heterocycles. The van der Waals surface area contributed by atoms with Crippen LogP contribution < -0.4 is 0 Å². The molecule has 3 nitrogen and oxygen atoms in total. The van der Waals surface area contributed by atoms with E-state index in [0.717, 1.165) is 18.8 Å². The van der Waals surface area contributed by atoms with E-state index >= 15 is 0 Å². The minimum Gasteiger partial charge on any atom is -0.386 e. The summed E-state index contributed by atoms with van der Waals surface area (Å²) in [7, 11) is 0. The predicted octanol–water partition coefficient (Wildman–Crippen LogP) is 2.43. The maximum Gasteiger partial charge on any atom is 0.225 e. The van der Waals surface area contributed by atoms with Gasteiger partial charge < -0.3 is 10.0 Å². The van der Waals surface area contributed by atoms with Crippen molar-refractivity contribution in [3.63, 3.8) is 0 Å². The Labute approximate surface area is 111 Å². The molecule has 3 heteroatoms. The monoisotopic (exact) mass is 253 g/mol. The minimum atomic E-state index is -0.641. The second-order valence-corrected chi connectivity index (χ2v) is 7.61. The molecule has 0 radical (unpaired) electrons. The fourth-order valence-electron chi connectivity index (χ4n) is 3.40. The predicted molar refractivity (Wildman–Crippen MR) is 72.1 cm³/mol. The molecule has 18 heavy (non-hydrogen) atoms. The maximum atomic E-state index is 12.2. The standard InChI is InChI=1S/C15H27NO2/c1-14(2,3)12-7-5-11(6-8-12)13(17)16-9-15(4,18)10-16/h11-12,18H,5-10H2,1-4H3. The lowest BCUT2D eigenvalue weighted by molar-refractivity contribution is -0.158. The van der Waals surface area contributed by atoms with E-state index in [-0.39, 0.29) is 11.8 Å². The molecule has 2 fully saturated rings. The SMILES string of the molecule is CC1(O)CN(C(=O)C2CCC(C(C)(C)C)CC2)C1. The Kier molecular flexibility index (Phi) is 3.48. The Balaban J connectivity index is 1.82. The molecule has 1 amide bonds. The van der Waals surface area contributed by atoms with Crippen LogP contribution in [0.25, 0.3) is 0 Å². The quantitative estimate of drug-likeness (QED) is 0.779. The highest BCUT2D eigenvalue weighted by Crippen LogP contribution is 2.40. The van der Waals surface area contributed by atoms with Crippen LogP contribution in [-0.4, -0.2) is 34.6 Å². The van der Waals surface area contributed by atoms with Gasteiger partial charge in [0.1, 0.15) is 0 Å². The van der Waals surface area contributed by atoms with E-state index in [1.54, 1.807) is 6.92 Å². The number of rotatable bonds is 1. The summed E-state index contributed by atoms with van der Waals surface area (Å²) in [6.07, 6.45) is 4.40. The highest BCUT2D eigenvalue weighted by atomic mass is 16.3. The van der Waals surface area contributed by atoms with Crippen LogP contribution in [0, 0.1) is 17.3 Å². The van der Waals surface area contributed by atoms with Crippen LogP contribution in [0.1, 0.15) is 53.4 Å². The first-order chi connectivity index (χ1) is 8.19. The third-order valence-electron chi connectivity index (χ3n) is 4.68. The molecule has 0 spiro atoms. The Morgan fingerprint density at radius 1 is 1.17 bits per heavy atom. The molecule has 0 aromatic carbocycles. The van der Waals surface area contributed by atoms with Crippen LogP contribution >= 0.6 is 0 Å². The molecule has 1 N–H and O–H groups in total. The van der Waals surface area contributed by atoms with Crippen LogP contribution in [0.3, 0.4) is 0 Å². The third kappa shape index (κ3) is 2.87. The van der Waals surface area contributed by atoms with Crippen LogP contribution in [0.4, 0.5) is 0 Å². The van der Waals surface area contributed by atoms with Gasteiger partial charge in [0.2, 0.25) is 5.91 Å². The van der Waals surface area contributed by atoms with Crippen molar-refractivity contribution in [1.29, 1.82) is 0 Å². The highest BCUT2D eigenvalue weighted by Gasteiger charge is 2.42. The molecule has 0 aromatic heterocycles. The van der Waals surface area contributed by atoms with Gasteiger partial charge >= 0.3 is 0 Å². The van der Waals surface area contributed by atoms with Crippen molar-refractivity contribution in [3.05, 3.63) is 0 Å². The Morgan fingerprint density at radius 3 is 2.06 bits per heavy atom. The average Bonchev–Trinajstić information content (AvgIpc) is 2.24. The molecule has 0 aromatic rings. The van der Waals surface area contributed by atoms with Crippen molar-refractivity contribution in [2.24, 2.45) is 17.3 Å². The first-order valence-electron chi connectivity index (χ1n) is 7.20. The van der Waals surface area contributed by atoms with Crippen molar-refractivity contribution in [2.75, 3.05) is 13.1 Å². The van der Waals surface area contributed by atoms with Crippen molar-refractivity contribution >= 4 is 5.91 Å². The Bertz CT molecular complexity index is 314. The van der Waals surface area contributed by atoms with Gasteiger partial charge in [0.25, 0.3) is 0 Å². The normalized spacial score (nSPS) is 31.9. The number of carbonyl (C=O) groups is 1. The van der Waals surface area contributed by atoms with Gasteiger partial charge in [0.15, 0.2) is 0 Å². The summed E-state index contributed by atoms with van der Waals surface area (Å²) >= 11 is 0. The van der Waals surface area contributed by atoms with Crippen molar-refractivity contribution < 1.29 is 9.90 Å². The molecule has 0 bridgehead atoms. The van der Waals surface area contributed by atoms with Gasteiger partial charge in [0, 0.05) is 5.92 Å². The number of nitrogens with zero attached hydrogens (tertiary/aromatic N) is 1. The Morgan fingerprint density at radius 2 is 1.67 bits per heavy atom.